The Morgan fingerprint density at radius 2 is 2.00 bits per heavy atom. The Balaban J connectivity index is 2.23. The number of epoxide rings is 1. The zero-order valence-electron chi connectivity index (χ0n) is 25.1. The smallest absolute Gasteiger partial charge is 0.309 e. The molecule has 1 fully saturated rings. The number of carbonyl (C=O) groups excluding carboxylic acids is 1. The highest BCUT2D eigenvalue weighted by Gasteiger charge is 2.54. The van der Waals surface area contributed by atoms with Crippen LogP contribution in [0.25, 0.3) is 0 Å². The molecule has 9 nitrogen and oxygen atoms in total. The Bertz CT molecular complexity index is 936. The summed E-state index contributed by atoms with van der Waals surface area (Å²) in [6.45, 7) is 11.5. The Kier molecular flexibility index (Phi) is 13.5. The topological polar surface area (TPSA) is 145 Å². The molecule has 40 heavy (non-hydrogen) atoms. The second-order valence-corrected chi connectivity index (χ2v) is 11.7. The maximum atomic E-state index is 12.6. The van der Waals surface area contributed by atoms with Gasteiger partial charge in [0.15, 0.2) is 0 Å². The summed E-state index contributed by atoms with van der Waals surface area (Å²) in [5.41, 5.74) is -0.603. The zero-order valence-corrected chi connectivity index (χ0v) is 25.1. The number of cyclic esters (lactones) is 1. The third-order valence-electron chi connectivity index (χ3n) is 8.26. The molecule has 2 rings (SSSR count). The zero-order chi connectivity index (χ0) is 30.0. The summed E-state index contributed by atoms with van der Waals surface area (Å²) in [5.74, 6) is -0.633. The number of methoxy groups -OCH3 is 1. The second kappa shape index (κ2) is 15.8. The first-order valence-corrected chi connectivity index (χ1v) is 14.5. The van der Waals surface area contributed by atoms with Gasteiger partial charge in [0.2, 0.25) is 0 Å². The van der Waals surface area contributed by atoms with Gasteiger partial charge in [-0.05, 0) is 44.6 Å². The van der Waals surface area contributed by atoms with Crippen LogP contribution in [0.5, 0.6) is 0 Å². The first-order valence-electron chi connectivity index (χ1n) is 14.5. The molecule has 0 aromatic rings. The van der Waals surface area contributed by atoms with E-state index in [4.69, 9.17) is 19.5 Å². The van der Waals surface area contributed by atoms with Crippen LogP contribution in [0.2, 0.25) is 0 Å². The van der Waals surface area contributed by atoms with E-state index in [2.05, 4.69) is 25.2 Å². The molecule has 226 valence electrons. The molecule has 2 aliphatic rings. The van der Waals surface area contributed by atoms with Crippen LogP contribution >= 0.6 is 0 Å². The van der Waals surface area contributed by atoms with Crippen molar-refractivity contribution in [2.24, 2.45) is 17.8 Å². The van der Waals surface area contributed by atoms with E-state index in [1.807, 2.05) is 26.8 Å². The van der Waals surface area contributed by atoms with Crippen LogP contribution in [0.1, 0.15) is 67.2 Å². The fourth-order valence-corrected chi connectivity index (χ4v) is 5.50. The minimum absolute atomic E-state index is 0.0350. The molecule has 0 bridgehead atoms. The fourth-order valence-electron chi connectivity index (χ4n) is 5.50. The van der Waals surface area contributed by atoms with E-state index in [1.54, 1.807) is 38.3 Å². The van der Waals surface area contributed by atoms with Gasteiger partial charge in [0.25, 0.3) is 0 Å². The van der Waals surface area contributed by atoms with Gasteiger partial charge in [0, 0.05) is 18.9 Å². The highest BCUT2D eigenvalue weighted by molar-refractivity contribution is 5.70. The molecular weight excluding hydrogens is 512 g/mol. The quantitative estimate of drug-likeness (QED) is 0.0981. The van der Waals surface area contributed by atoms with Crippen LogP contribution in [-0.4, -0.2) is 83.2 Å². The molecule has 0 aromatic heterocycles. The van der Waals surface area contributed by atoms with E-state index in [1.165, 1.54) is 0 Å². The first-order chi connectivity index (χ1) is 18.9. The molecule has 2 heterocycles. The van der Waals surface area contributed by atoms with Crippen molar-refractivity contribution in [2.75, 3.05) is 13.7 Å². The van der Waals surface area contributed by atoms with E-state index < -0.39 is 35.9 Å². The van der Waals surface area contributed by atoms with Crippen LogP contribution in [0.3, 0.4) is 0 Å². The molecule has 4 N–H and O–H groups in total. The Morgan fingerprint density at radius 3 is 2.62 bits per heavy atom. The third kappa shape index (κ3) is 9.79. The van der Waals surface area contributed by atoms with Gasteiger partial charge < -0.3 is 29.5 Å². The number of carbonyl (C=O) groups is 1. The van der Waals surface area contributed by atoms with Gasteiger partial charge in [0.05, 0.1) is 55.1 Å². The normalized spacial score (nSPS) is 34.9. The second-order valence-electron chi connectivity index (χ2n) is 11.7. The van der Waals surface area contributed by atoms with Gasteiger partial charge in [-0.3, -0.25) is 10.1 Å². The van der Waals surface area contributed by atoms with Crippen molar-refractivity contribution in [2.45, 2.75) is 115 Å². The average Bonchev–Trinajstić information content (AvgIpc) is 3.69. The highest BCUT2D eigenvalue weighted by atomic mass is 16.6. The number of nitrogens with zero attached hydrogens (tertiary/aromatic N) is 1. The molecule has 0 spiro atoms. The molecule has 3 unspecified atom stereocenters. The molecule has 9 heteroatoms. The fraction of sp³-hybridized carbons (Fsp3) is 0.742. The number of hydrogen-bond acceptors (Lipinski definition) is 9. The SMILES string of the molecule is CC[C@H](OC)[C@@H](C)[C@H]1O[C@@H]1C(NCC#N)C(C)(O)/C=C/C=C(\C)[C@H]1OC(=O)C[C@H](O)CCC(C)[C@@H](O)/C=C/[C@@H]1C. The standard InChI is InChI=1S/C31H50N2O7/c1-8-25(38-7)22(5)28-29(40-28)30(33-17-16-32)31(6,37)15-9-10-20(3)27-21(4)12-14-24(35)19(2)11-13-23(34)18-26(36)39-27/h9-10,12,14-15,19,21-25,27-30,33-35,37H,8,11,13,17-18H2,1-7H3/b14-12+,15-9+,20-10+/t19?,21-,22+,23+,24-,25-,27+,28+,29-,30?,31?/m0/s1. The number of allylic oxidation sites excluding steroid dienone is 2. The summed E-state index contributed by atoms with van der Waals surface area (Å²) < 4.78 is 17.3. The number of hydrogen-bond donors (Lipinski definition) is 4. The minimum Gasteiger partial charge on any atom is -0.457 e. The van der Waals surface area contributed by atoms with Crippen LogP contribution in [0, 0.1) is 29.1 Å². The highest BCUT2D eigenvalue weighted by Crippen LogP contribution is 2.38. The summed E-state index contributed by atoms with van der Waals surface area (Å²) in [6, 6.07) is 1.55. The maximum absolute atomic E-state index is 12.6. The molecular formula is C31H50N2O7. The van der Waals surface area contributed by atoms with Crippen molar-refractivity contribution in [3.05, 3.63) is 36.0 Å². The lowest BCUT2D eigenvalue weighted by molar-refractivity contribution is -0.151. The van der Waals surface area contributed by atoms with E-state index in [-0.39, 0.29) is 49.0 Å². The Labute approximate surface area is 239 Å². The molecule has 0 amide bonds. The number of ether oxygens (including phenoxy) is 3. The van der Waals surface area contributed by atoms with Gasteiger partial charge in [0.1, 0.15) is 12.2 Å². The third-order valence-corrected chi connectivity index (χ3v) is 8.26. The number of esters is 1. The van der Waals surface area contributed by atoms with Crippen LogP contribution < -0.4 is 5.32 Å². The van der Waals surface area contributed by atoms with E-state index >= 15 is 0 Å². The van der Waals surface area contributed by atoms with Crippen LogP contribution in [0.15, 0.2) is 36.0 Å². The van der Waals surface area contributed by atoms with Crippen molar-refractivity contribution in [1.29, 1.82) is 5.26 Å². The summed E-state index contributed by atoms with van der Waals surface area (Å²) in [7, 11) is 1.68. The largest absolute Gasteiger partial charge is 0.457 e. The molecule has 2 aliphatic heterocycles. The number of nitriles is 1. The number of aliphatic hydroxyl groups is 3. The molecule has 1 saturated heterocycles. The lowest BCUT2D eigenvalue weighted by Crippen LogP contribution is -2.52. The summed E-state index contributed by atoms with van der Waals surface area (Å²) >= 11 is 0. The lowest BCUT2D eigenvalue weighted by Gasteiger charge is -2.30. The molecule has 0 aliphatic carbocycles. The Morgan fingerprint density at radius 1 is 1.30 bits per heavy atom. The lowest BCUT2D eigenvalue weighted by atomic mass is 9.87. The van der Waals surface area contributed by atoms with Gasteiger partial charge in [-0.15, -0.1) is 0 Å². The maximum Gasteiger partial charge on any atom is 0.309 e. The first kappa shape index (κ1) is 34.1. The summed E-state index contributed by atoms with van der Waals surface area (Å²) in [5, 5.41) is 44.4. The van der Waals surface area contributed by atoms with Crippen molar-refractivity contribution < 1.29 is 34.3 Å². The molecule has 0 aromatic carbocycles. The Hall–Kier alpha value is -2.06. The van der Waals surface area contributed by atoms with Crippen molar-refractivity contribution >= 4 is 5.97 Å². The molecule has 11 atom stereocenters. The number of nitrogens with one attached hydrogen (secondary N) is 1. The molecule has 0 saturated carbocycles. The number of aliphatic hydroxyl groups excluding tert-OH is 2. The number of rotatable bonds is 11. The van der Waals surface area contributed by atoms with E-state index in [0.717, 1.165) is 12.0 Å². The molecule has 0 radical (unpaired) electrons. The summed E-state index contributed by atoms with van der Waals surface area (Å²) in [4.78, 5) is 12.6. The van der Waals surface area contributed by atoms with E-state index in [0.29, 0.717) is 12.8 Å². The predicted octanol–water partition coefficient (Wildman–Crippen LogP) is 3.20. The van der Waals surface area contributed by atoms with E-state index in [9.17, 15) is 20.1 Å². The monoisotopic (exact) mass is 562 g/mol. The average molecular weight is 563 g/mol. The van der Waals surface area contributed by atoms with Crippen LogP contribution in [0.4, 0.5) is 0 Å². The predicted molar refractivity (Wildman–Crippen MR) is 153 cm³/mol. The van der Waals surface area contributed by atoms with Crippen molar-refractivity contribution in [3.8, 4) is 6.07 Å². The van der Waals surface area contributed by atoms with Crippen molar-refractivity contribution in [1.82, 2.24) is 5.32 Å². The van der Waals surface area contributed by atoms with Crippen LogP contribution in [-0.2, 0) is 19.0 Å². The minimum atomic E-state index is -1.35. The van der Waals surface area contributed by atoms with Gasteiger partial charge >= 0.3 is 5.97 Å². The van der Waals surface area contributed by atoms with Crippen molar-refractivity contribution in [3.63, 3.8) is 0 Å². The van der Waals surface area contributed by atoms with Gasteiger partial charge in [-0.2, -0.15) is 5.26 Å². The van der Waals surface area contributed by atoms with Gasteiger partial charge in [-0.1, -0.05) is 58.1 Å². The summed E-state index contributed by atoms with van der Waals surface area (Å²) in [6.07, 6.45) is 8.02. The van der Waals surface area contributed by atoms with Gasteiger partial charge in [-0.25, -0.2) is 0 Å².